The number of nitrogens with zero attached hydrogens (tertiary/aromatic N) is 3. The first-order valence-corrected chi connectivity index (χ1v) is 11.7. The Balaban J connectivity index is 1.59. The molecule has 0 radical (unpaired) electrons. The average Bonchev–Trinajstić information content (AvgIpc) is 3.30. The van der Waals surface area contributed by atoms with Crippen molar-refractivity contribution in [1.29, 1.82) is 0 Å². The highest BCUT2D eigenvalue weighted by molar-refractivity contribution is 5.90. The molecule has 0 spiro atoms. The van der Waals surface area contributed by atoms with Gasteiger partial charge >= 0.3 is 0 Å². The minimum atomic E-state index is -1.10. The van der Waals surface area contributed by atoms with Crippen LogP contribution in [0.25, 0.3) is 0 Å². The van der Waals surface area contributed by atoms with Crippen molar-refractivity contribution in [3.63, 3.8) is 0 Å². The zero-order valence-corrected chi connectivity index (χ0v) is 19.7. The number of amides is 1. The Hall–Kier alpha value is -4.82. The number of non-ortho nitro benzene ring substituents is 1. The standard InChI is InChI=1S/C29H23N3O5/c33-27-17-16-25(32(35)36)18-21(27)19-30-26-20-37-31(28(26)34)29(22-10-4-1-5-11-22,23-12-6-2-7-13-23)24-14-8-3-9-15-24/h1-19,26,33H,20H2. The van der Waals surface area contributed by atoms with Crippen molar-refractivity contribution in [2.75, 3.05) is 6.61 Å². The summed E-state index contributed by atoms with van der Waals surface area (Å²) in [7, 11) is 0. The van der Waals surface area contributed by atoms with E-state index < -0.39 is 16.5 Å². The number of nitro benzene ring substituents is 1. The number of phenolic OH excluding ortho intramolecular Hbond substituents is 1. The molecule has 1 saturated heterocycles. The molecule has 1 N–H and O–H groups in total. The zero-order chi connectivity index (χ0) is 25.8. The van der Waals surface area contributed by atoms with Crippen LogP contribution in [-0.4, -0.2) is 39.9 Å². The molecule has 5 rings (SSSR count). The first-order chi connectivity index (χ1) is 18.0. The van der Waals surface area contributed by atoms with E-state index in [9.17, 15) is 20.0 Å². The lowest BCUT2D eigenvalue weighted by Gasteiger charge is -2.41. The number of hydroxylamine groups is 2. The average molecular weight is 494 g/mol. The molecule has 1 heterocycles. The number of phenols is 1. The van der Waals surface area contributed by atoms with Gasteiger partial charge in [0, 0.05) is 23.9 Å². The lowest BCUT2D eigenvalue weighted by atomic mass is 9.76. The van der Waals surface area contributed by atoms with E-state index in [1.807, 2.05) is 91.0 Å². The van der Waals surface area contributed by atoms with Crippen molar-refractivity contribution in [2.24, 2.45) is 4.99 Å². The third-order valence-corrected chi connectivity index (χ3v) is 6.34. The van der Waals surface area contributed by atoms with Crippen LogP contribution in [0.1, 0.15) is 22.3 Å². The number of carbonyl (C=O) groups excluding carboxylic acids is 1. The van der Waals surface area contributed by atoms with Crippen molar-refractivity contribution in [1.82, 2.24) is 5.06 Å². The van der Waals surface area contributed by atoms with Crippen molar-refractivity contribution in [3.05, 3.63) is 142 Å². The number of aromatic hydroxyl groups is 1. The van der Waals surface area contributed by atoms with Gasteiger partial charge in [-0.3, -0.25) is 24.7 Å². The predicted molar refractivity (Wildman–Crippen MR) is 138 cm³/mol. The molecular formula is C29H23N3O5. The largest absolute Gasteiger partial charge is 0.507 e. The number of benzene rings is 4. The summed E-state index contributed by atoms with van der Waals surface area (Å²) in [5, 5.41) is 22.7. The molecule has 0 saturated carbocycles. The van der Waals surface area contributed by atoms with E-state index in [0.717, 1.165) is 16.7 Å². The Kier molecular flexibility index (Phi) is 6.49. The molecule has 1 aliphatic rings. The van der Waals surface area contributed by atoms with Gasteiger partial charge in [0.15, 0.2) is 6.04 Å². The topological polar surface area (TPSA) is 105 Å². The monoisotopic (exact) mass is 493 g/mol. The van der Waals surface area contributed by atoms with E-state index in [1.165, 1.54) is 29.5 Å². The molecule has 4 aromatic carbocycles. The maximum atomic E-state index is 13.9. The third kappa shape index (κ3) is 4.34. The Labute approximate surface area is 213 Å². The molecule has 0 bridgehead atoms. The van der Waals surface area contributed by atoms with Crippen molar-refractivity contribution in [3.8, 4) is 5.75 Å². The number of rotatable bonds is 7. The van der Waals surface area contributed by atoms with E-state index in [1.54, 1.807) is 0 Å². The minimum Gasteiger partial charge on any atom is -0.507 e. The molecule has 0 aromatic heterocycles. The number of nitro groups is 1. The summed E-state index contributed by atoms with van der Waals surface area (Å²) in [6.07, 6.45) is 1.27. The highest BCUT2D eigenvalue weighted by Crippen LogP contribution is 2.44. The molecule has 1 fully saturated rings. The Bertz CT molecular complexity index is 1350. The van der Waals surface area contributed by atoms with Crippen LogP contribution < -0.4 is 0 Å². The van der Waals surface area contributed by atoms with Gasteiger partial charge in [-0.1, -0.05) is 91.0 Å². The summed E-state index contributed by atoms with van der Waals surface area (Å²) < 4.78 is 0. The predicted octanol–water partition coefficient (Wildman–Crippen LogP) is 4.85. The van der Waals surface area contributed by atoms with Crippen molar-refractivity contribution >= 4 is 17.8 Å². The molecular weight excluding hydrogens is 470 g/mol. The molecule has 8 heteroatoms. The van der Waals surface area contributed by atoms with Gasteiger partial charge in [-0.25, -0.2) is 0 Å². The molecule has 1 atom stereocenters. The number of hydrogen-bond donors (Lipinski definition) is 1. The Morgan fingerprint density at radius 1 is 0.892 bits per heavy atom. The molecule has 184 valence electrons. The van der Waals surface area contributed by atoms with E-state index in [4.69, 9.17) is 4.84 Å². The van der Waals surface area contributed by atoms with Crippen LogP contribution in [0.3, 0.4) is 0 Å². The quantitative estimate of drug-likeness (QED) is 0.171. The second kappa shape index (κ2) is 10.0. The maximum Gasteiger partial charge on any atom is 0.274 e. The van der Waals surface area contributed by atoms with Gasteiger partial charge in [-0.15, -0.1) is 0 Å². The lowest BCUT2D eigenvalue weighted by Crippen LogP contribution is -2.49. The minimum absolute atomic E-state index is 0.0285. The van der Waals surface area contributed by atoms with Crippen molar-refractivity contribution < 1.29 is 19.7 Å². The molecule has 1 unspecified atom stereocenters. The summed E-state index contributed by atoms with van der Waals surface area (Å²) in [5.74, 6) is -0.553. The first kappa shape index (κ1) is 23.9. The van der Waals surface area contributed by atoms with Gasteiger partial charge in [0.2, 0.25) is 0 Å². The summed E-state index contributed by atoms with van der Waals surface area (Å²) in [6.45, 7) is -0.0285. The van der Waals surface area contributed by atoms with Crippen LogP contribution in [0.4, 0.5) is 5.69 Å². The van der Waals surface area contributed by atoms with E-state index in [2.05, 4.69) is 4.99 Å². The van der Waals surface area contributed by atoms with Gasteiger partial charge in [-0.05, 0) is 22.8 Å². The van der Waals surface area contributed by atoms with E-state index >= 15 is 0 Å². The lowest BCUT2D eigenvalue weighted by molar-refractivity contribution is -0.384. The fourth-order valence-electron chi connectivity index (χ4n) is 4.60. The molecule has 37 heavy (non-hydrogen) atoms. The Morgan fingerprint density at radius 2 is 1.41 bits per heavy atom. The number of aliphatic imine (C=N–C) groups is 1. The van der Waals surface area contributed by atoms with Crippen LogP contribution in [-0.2, 0) is 15.2 Å². The van der Waals surface area contributed by atoms with Crippen molar-refractivity contribution in [2.45, 2.75) is 11.6 Å². The number of carbonyl (C=O) groups is 1. The first-order valence-electron chi connectivity index (χ1n) is 11.7. The fourth-order valence-corrected chi connectivity index (χ4v) is 4.60. The number of hydrogen-bond acceptors (Lipinski definition) is 6. The normalized spacial score (nSPS) is 15.8. The third-order valence-electron chi connectivity index (χ3n) is 6.34. The smallest absolute Gasteiger partial charge is 0.274 e. The van der Waals surface area contributed by atoms with Gasteiger partial charge in [0.25, 0.3) is 11.6 Å². The molecule has 1 aliphatic heterocycles. The van der Waals surface area contributed by atoms with Crippen LogP contribution in [0.2, 0.25) is 0 Å². The summed E-state index contributed by atoms with van der Waals surface area (Å²) in [5.41, 5.74) is 1.36. The Morgan fingerprint density at radius 3 is 1.89 bits per heavy atom. The highest BCUT2D eigenvalue weighted by Gasteiger charge is 2.50. The van der Waals surface area contributed by atoms with E-state index in [-0.39, 0.29) is 29.5 Å². The zero-order valence-electron chi connectivity index (χ0n) is 19.7. The van der Waals surface area contributed by atoms with Gasteiger partial charge in [0.1, 0.15) is 17.9 Å². The second-order valence-electron chi connectivity index (χ2n) is 8.53. The highest BCUT2D eigenvalue weighted by atomic mass is 16.7. The van der Waals surface area contributed by atoms with Crippen LogP contribution in [0, 0.1) is 10.1 Å². The molecule has 8 nitrogen and oxygen atoms in total. The maximum absolute atomic E-state index is 13.9. The van der Waals surface area contributed by atoms with Crippen LogP contribution >= 0.6 is 0 Å². The van der Waals surface area contributed by atoms with Crippen LogP contribution in [0.5, 0.6) is 5.75 Å². The van der Waals surface area contributed by atoms with Crippen LogP contribution in [0.15, 0.2) is 114 Å². The van der Waals surface area contributed by atoms with Gasteiger partial charge < -0.3 is 5.11 Å². The summed E-state index contributed by atoms with van der Waals surface area (Å²) in [6, 6.07) is 31.7. The summed E-state index contributed by atoms with van der Waals surface area (Å²) >= 11 is 0. The van der Waals surface area contributed by atoms with Gasteiger partial charge in [-0.2, -0.15) is 5.06 Å². The molecule has 4 aromatic rings. The molecule has 0 aliphatic carbocycles. The van der Waals surface area contributed by atoms with E-state index in [0.29, 0.717) is 0 Å². The molecule has 1 amide bonds. The van der Waals surface area contributed by atoms with Gasteiger partial charge in [0.05, 0.1) is 4.92 Å². The SMILES string of the molecule is O=C1C(N=Cc2cc([N+](=O)[O-])ccc2O)CON1C(c1ccccc1)(c1ccccc1)c1ccccc1. The fraction of sp³-hybridized carbons (Fsp3) is 0.103. The second-order valence-corrected chi connectivity index (χ2v) is 8.53. The summed E-state index contributed by atoms with van der Waals surface area (Å²) in [4.78, 5) is 34.9.